The smallest absolute Gasteiger partial charge is 0.302 e. The number of carbonyl (C=O) groups is 2. The molecule has 0 spiro atoms. The van der Waals surface area contributed by atoms with Crippen molar-refractivity contribution < 1.29 is 33.3 Å². The van der Waals surface area contributed by atoms with Gasteiger partial charge < -0.3 is 29.4 Å². The minimum Gasteiger partial charge on any atom is -0.469 e. The van der Waals surface area contributed by atoms with Crippen LogP contribution in [0.25, 0.3) is 11.3 Å². The number of aromatic amines is 1. The van der Waals surface area contributed by atoms with E-state index in [0.29, 0.717) is 12.2 Å². The average molecular weight is 956 g/mol. The minimum atomic E-state index is -0.264. The summed E-state index contributed by atoms with van der Waals surface area (Å²) in [6.45, 7) is 8.56. The molecule has 0 radical (unpaired) electrons. The molecule has 5 aromatic heterocycles. The molecule has 22 heteroatoms. The molecular formula is C32H51Br3N12O7. The highest BCUT2D eigenvalue weighted by molar-refractivity contribution is 9.93. The predicted octanol–water partition coefficient (Wildman–Crippen LogP) is 4.93. The van der Waals surface area contributed by atoms with Crippen LogP contribution in [0.5, 0.6) is 0 Å². The molecule has 0 saturated heterocycles. The normalized spacial score (nSPS) is 9.26. The van der Waals surface area contributed by atoms with Crippen molar-refractivity contribution in [3.8, 4) is 6.07 Å². The van der Waals surface area contributed by atoms with Crippen LogP contribution in [0.1, 0.15) is 43.8 Å². The van der Waals surface area contributed by atoms with Crippen LogP contribution in [0.3, 0.4) is 0 Å². The van der Waals surface area contributed by atoms with Crippen molar-refractivity contribution in [3.63, 3.8) is 0 Å². The second kappa shape index (κ2) is 34.8. The van der Waals surface area contributed by atoms with Crippen molar-refractivity contribution in [1.29, 1.82) is 5.26 Å². The zero-order chi connectivity index (χ0) is 42.1. The maximum atomic E-state index is 9.82. The van der Waals surface area contributed by atoms with Crippen LogP contribution in [0.15, 0.2) is 53.5 Å². The molecule has 19 nitrogen and oxygen atoms in total. The summed E-state index contributed by atoms with van der Waals surface area (Å²) in [6, 6.07) is 9.15. The lowest BCUT2D eigenvalue weighted by molar-refractivity contribution is -0.178. The summed E-state index contributed by atoms with van der Waals surface area (Å²) < 4.78 is 28.4. The number of nitrogen functional groups attached to an aromatic ring is 1. The van der Waals surface area contributed by atoms with Gasteiger partial charge in [0.25, 0.3) is 0 Å². The average Bonchev–Trinajstić information content (AvgIpc) is 3.85. The molecule has 0 atom stereocenters. The van der Waals surface area contributed by atoms with Gasteiger partial charge in [0.2, 0.25) is 0 Å². The molecule has 0 amide bonds. The fraction of sp³-hybridized carbons (Fsp3) is 0.438. The molecule has 54 heavy (non-hydrogen) atoms. The lowest BCUT2D eigenvalue weighted by Crippen LogP contribution is -2.24. The van der Waals surface area contributed by atoms with Crippen molar-refractivity contribution in [3.05, 3.63) is 70.6 Å². The predicted molar refractivity (Wildman–Crippen MR) is 216 cm³/mol. The topological polar surface area (TPSA) is 271 Å². The van der Waals surface area contributed by atoms with E-state index < -0.39 is 0 Å². The van der Waals surface area contributed by atoms with Gasteiger partial charge in [0.05, 0.1) is 35.5 Å². The lowest BCUT2D eigenvalue weighted by atomic mass is 10.3. The number of hydrogen-bond donors (Lipinski definition) is 4. The molecule has 7 N–H and O–H groups in total. The Morgan fingerprint density at radius 1 is 0.889 bits per heavy atom. The number of methoxy groups -OCH3 is 5. The van der Waals surface area contributed by atoms with Crippen molar-refractivity contribution in [1.82, 2.24) is 39.4 Å². The van der Waals surface area contributed by atoms with Gasteiger partial charge in [-0.15, -0.1) is 0 Å². The Kier molecular flexibility index (Phi) is 35.1. The number of esters is 1. The van der Waals surface area contributed by atoms with Gasteiger partial charge in [0.15, 0.2) is 23.9 Å². The van der Waals surface area contributed by atoms with E-state index in [2.05, 4.69) is 91.0 Å². The summed E-state index contributed by atoms with van der Waals surface area (Å²) in [5.41, 5.74) is 9.96. The van der Waals surface area contributed by atoms with Gasteiger partial charge in [-0.1, -0.05) is 0 Å². The maximum absolute atomic E-state index is 9.82. The van der Waals surface area contributed by atoms with E-state index in [9.17, 15) is 9.59 Å². The summed E-state index contributed by atoms with van der Waals surface area (Å²) in [5.74, 6) is 8.24. The van der Waals surface area contributed by atoms with Gasteiger partial charge in [0, 0.05) is 113 Å². The second-order valence-electron chi connectivity index (χ2n) is 9.74. The number of hydrogen-bond acceptors (Lipinski definition) is 16. The Labute approximate surface area is 339 Å². The number of aromatic nitrogens is 8. The van der Waals surface area contributed by atoms with Crippen molar-refractivity contribution in [2.24, 2.45) is 11.7 Å². The number of Topliss-reactive ketones (excluding diaryl/α,β-unsaturated/α-hetero) is 1. The molecule has 0 fully saturated rings. The Morgan fingerprint density at radius 2 is 1.39 bits per heavy atom. The molecule has 5 rings (SSSR count). The third-order valence-corrected chi connectivity index (χ3v) is 6.56. The molecule has 302 valence electrons. The first-order valence-corrected chi connectivity index (χ1v) is 19.8. The number of aryl methyl sites for hydroxylation is 3. The number of carbonyl (C=O) groups excluding carboxylic acids is 2. The first-order chi connectivity index (χ1) is 25.8. The minimum absolute atomic E-state index is 0.0417. The SMILES string of the molecule is BrBr.CC(=O)CC#N.COC(C)=O.COC(CC(OC)OC)OC.Cc1cc(N)n[nH]1.Cc1cc2ncccn2n1.Cc1nn2cccnc2c1Br.NN. The fourth-order valence-electron chi connectivity index (χ4n) is 3.20. The first-order valence-electron chi connectivity index (χ1n) is 15.3. The lowest BCUT2D eigenvalue weighted by Gasteiger charge is -2.18. The number of anilines is 1. The number of nitrogens with one attached hydrogen (secondary N) is 1. The van der Waals surface area contributed by atoms with Gasteiger partial charge >= 0.3 is 5.97 Å². The fourth-order valence-corrected chi connectivity index (χ4v) is 3.57. The number of H-pyrrole nitrogens is 1. The van der Waals surface area contributed by atoms with Crippen LogP contribution in [0.4, 0.5) is 5.82 Å². The van der Waals surface area contributed by atoms with E-state index >= 15 is 0 Å². The maximum Gasteiger partial charge on any atom is 0.302 e. The number of ether oxygens (including phenoxy) is 5. The quantitative estimate of drug-likeness (QED) is 0.0729. The monoisotopic (exact) mass is 952 g/mol. The first kappa shape index (κ1) is 54.4. The number of nitrogens with zero attached hydrogens (tertiary/aromatic N) is 8. The number of fused-ring (bicyclic) bond motifs is 2. The van der Waals surface area contributed by atoms with Gasteiger partial charge in [-0.05, 0) is 55.8 Å². The van der Waals surface area contributed by atoms with E-state index in [0.717, 1.165) is 32.8 Å². The second-order valence-corrected chi connectivity index (χ2v) is 10.5. The molecule has 0 unspecified atom stereocenters. The number of hydrazine groups is 1. The molecule has 0 aliphatic rings. The molecule has 5 heterocycles. The molecule has 0 aromatic carbocycles. The molecule has 0 saturated carbocycles. The third-order valence-electron chi connectivity index (χ3n) is 5.63. The highest BCUT2D eigenvalue weighted by Crippen LogP contribution is 2.18. The summed E-state index contributed by atoms with van der Waals surface area (Å²) in [5, 5.41) is 22.5. The van der Waals surface area contributed by atoms with E-state index in [1.807, 2.05) is 51.4 Å². The third kappa shape index (κ3) is 26.0. The van der Waals surface area contributed by atoms with Crippen LogP contribution in [-0.2, 0) is 33.3 Å². The Morgan fingerprint density at radius 3 is 1.72 bits per heavy atom. The number of rotatable bonds is 7. The van der Waals surface area contributed by atoms with E-state index in [4.69, 9.17) is 29.9 Å². The van der Waals surface area contributed by atoms with Crippen LogP contribution in [0, 0.1) is 32.1 Å². The molecular weight excluding hydrogens is 904 g/mol. The number of nitriles is 1. The number of ketones is 1. The van der Waals surface area contributed by atoms with Crippen molar-refractivity contribution in [2.75, 3.05) is 41.3 Å². The van der Waals surface area contributed by atoms with Crippen LogP contribution in [0.2, 0.25) is 0 Å². The zero-order valence-corrected chi connectivity index (χ0v) is 36.7. The van der Waals surface area contributed by atoms with Crippen LogP contribution in [-0.4, -0.2) is 99.3 Å². The van der Waals surface area contributed by atoms with E-state index in [-0.39, 0.29) is 30.8 Å². The van der Waals surface area contributed by atoms with Crippen molar-refractivity contribution in [2.45, 2.75) is 60.0 Å². The Balaban J connectivity index is -0.000000579. The van der Waals surface area contributed by atoms with Gasteiger partial charge in [-0.2, -0.15) is 20.6 Å². The van der Waals surface area contributed by atoms with Crippen LogP contribution < -0.4 is 17.4 Å². The Hall–Kier alpha value is -3.92. The van der Waals surface area contributed by atoms with E-state index in [1.165, 1.54) is 21.0 Å². The number of halogens is 3. The molecule has 0 bridgehead atoms. The standard InChI is InChI=1S/C7H6BrN3.C7H7N3.C7H16O4.C4H7N3.C4H5NO.C3H6O2.Br2.H4N2/c1-5-6(8)7-9-3-2-4-11(7)10-5;1-6-5-7-8-3-2-4-10(7)9-6;1-8-6(9-2)5-7(10-3)11-4;1-3-2-4(5)7-6-3;1-4(6)2-3-5;1-3(4)5-2;2*1-2/h2-4H,1H3;2-5H,1H3;6-7H,5H2,1-4H3;2H,1H3,(H3,5,6,7);2H2,1H3;1-2H3;;1-2H2. The summed E-state index contributed by atoms with van der Waals surface area (Å²) in [6.07, 6.45) is 7.35. The molecule has 0 aliphatic heterocycles. The highest BCUT2D eigenvalue weighted by atomic mass is 80.9. The van der Waals surface area contributed by atoms with Gasteiger partial charge in [-0.3, -0.25) is 26.4 Å². The molecule has 5 aromatic rings. The summed E-state index contributed by atoms with van der Waals surface area (Å²) >= 11 is 8.90. The summed E-state index contributed by atoms with van der Waals surface area (Å²) in [7, 11) is 7.67. The molecule has 0 aliphatic carbocycles. The van der Waals surface area contributed by atoms with Crippen LogP contribution >= 0.6 is 44.2 Å². The Bertz CT molecular complexity index is 1660. The summed E-state index contributed by atoms with van der Waals surface area (Å²) in [4.78, 5) is 27.7. The van der Waals surface area contributed by atoms with Crippen molar-refractivity contribution >= 4 is 73.1 Å². The highest BCUT2D eigenvalue weighted by Gasteiger charge is 2.13. The number of nitrogens with two attached hydrogens (primary N) is 3. The van der Waals surface area contributed by atoms with Gasteiger partial charge in [0.1, 0.15) is 11.6 Å². The van der Waals surface area contributed by atoms with Gasteiger partial charge in [-0.25, -0.2) is 19.0 Å². The zero-order valence-electron chi connectivity index (χ0n) is 32.0. The van der Waals surface area contributed by atoms with E-state index in [1.54, 1.807) is 62.0 Å². The largest absolute Gasteiger partial charge is 0.469 e.